The van der Waals surface area contributed by atoms with Gasteiger partial charge in [0.15, 0.2) is 5.69 Å². The Labute approximate surface area is 116 Å². The zero-order valence-electron chi connectivity index (χ0n) is 10.6. The smallest absolute Gasteiger partial charge is 0.164 e. The summed E-state index contributed by atoms with van der Waals surface area (Å²) in [4.78, 5) is 0. The first-order valence-corrected chi connectivity index (χ1v) is 10.6. The number of halogens is 1. The third-order valence-corrected chi connectivity index (χ3v) is 8.73. The van der Waals surface area contributed by atoms with Crippen LogP contribution < -0.4 is 0 Å². The Morgan fingerprint density at radius 3 is 1.24 bits per heavy atom. The van der Waals surface area contributed by atoms with E-state index in [-0.39, 0.29) is 0 Å². The molecule has 2 heterocycles. The first-order valence-electron chi connectivity index (χ1n) is 7.02. The highest BCUT2D eigenvalue weighted by Gasteiger charge is 2.30. The van der Waals surface area contributed by atoms with E-state index in [2.05, 4.69) is 9.34 Å². The van der Waals surface area contributed by atoms with Crippen LogP contribution >= 0.6 is 16.9 Å². The molecule has 2 aliphatic rings. The van der Waals surface area contributed by atoms with Crippen LogP contribution in [-0.2, 0) is 11.8 Å². The van der Waals surface area contributed by atoms with Crippen LogP contribution in [0.25, 0.3) is 0 Å². The van der Waals surface area contributed by atoms with Gasteiger partial charge in [0, 0.05) is 26.2 Å². The Balaban J connectivity index is 2.01. The molecule has 17 heavy (non-hydrogen) atoms. The lowest BCUT2D eigenvalue weighted by Gasteiger charge is -2.37. The molecule has 2 saturated heterocycles. The van der Waals surface area contributed by atoms with E-state index in [1.807, 2.05) is 0 Å². The van der Waals surface area contributed by atoms with Crippen molar-refractivity contribution in [1.29, 1.82) is 0 Å². The monoisotopic (exact) mass is 294 g/mol. The topological polar surface area (TPSA) is 6.48 Å². The van der Waals surface area contributed by atoms with Crippen LogP contribution in [0.4, 0.5) is 0 Å². The fourth-order valence-electron chi connectivity index (χ4n) is 2.78. The van der Waals surface area contributed by atoms with E-state index in [4.69, 9.17) is 23.0 Å². The maximum Gasteiger partial charge on any atom is 0.164 e. The highest BCUT2D eigenvalue weighted by atomic mass is 35.7. The molecule has 0 bridgehead atoms. The van der Waals surface area contributed by atoms with Crippen molar-refractivity contribution in [2.45, 2.75) is 51.4 Å². The van der Waals surface area contributed by atoms with Crippen LogP contribution in [0.15, 0.2) is 0 Å². The Morgan fingerprint density at radius 2 is 0.941 bits per heavy atom. The average Bonchev–Trinajstić information content (AvgIpc) is 2.74. The molecule has 0 saturated carbocycles. The van der Waals surface area contributed by atoms with E-state index in [0.717, 1.165) is 26.2 Å². The average molecular weight is 295 g/mol. The van der Waals surface area contributed by atoms with Crippen LogP contribution in [0.2, 0.25) is 0 Å². The second kappa shape index (κ2) is 6.86. The summed E-state index contributed by atoms with van der Waals surface area (Å²) in [6.07, 6.45) is 10.5. The first kappa shape index (κ1) is 14.3. The Morgan fingerprint density at radius 1 is 0.647 bits per heavy atom. The zero-order valence-corrected chi connectivity index (χ0v) is 13.1. The van der Waals surface area contributed by atoms with Crippen molar-refractivity contribution in [1.82, 2.24) is 9.34 Å². The Bertz CT molecular complexity index is 248. The van der Waals surface area contributed by atoms with Crippen molar-refractivity contribution < 1.29 is 0 Å². The molecule has 0 unspecified atom stereocenters. The van der Waals surface area contributed by atoms with Gasteiger partial charge >= 0.3 is 0 Å². The maximum atomic E-state index is 6.82. The van der Waals surface area contributed by atoms with Crippen LogP contribution in [0.3, 0.4) is 0 Å². The summed E-state index contributed by atoms with van der Waals surface area (Å²) in [6.45, 7) is 4.49. The van der Waals surface area contributed by atoms with E-state index in [9.17, 15) is 0 Å². The molecule has 0 aromatic rings. The molecule has 5 heteroatoms. The van der Waals surface area contributed by atoms with Crippen LogP contribution in [0, 0.1) is 0 Å². The molecular formula is C12H24ClN2PS. The van der Waals surface area contributed by atoms with Crippen molar-refractivity contribution in [3.8, 4) is 0 Å². The van der Waals surface area contributed by atoms with Crippen LogP contribution in [0.5, 0.6) is 0 Å². The van der Waals surface area contributed by atoms with Gasteiger partial charge in [0.2, 0.25) is 0 Å². The lowest BCUT2D eigenvalue weighted by atomic mass is 10.2. The molecule has 2 rings (SSSR count). The minimum atomic E-state index is -1.93. The molecule has 0 atom stereocenters. The summed E-state index contributed by atoms with van der Waals surface area (Å²) in [6, 6.07) is 0. The predicted molar refractivity (Wildman–Crippen MR) is 80.2 cm³/mol. The maximum absolute atomic E-state index is 6.82. The molecule has 0 aromatic heterocycles. The van der Waals surface area contributed by atoms with Crippen molar-refractivity contribution in [2.24, 2.45) is 0 Å². The molecule has 0 aromatic carbocycles. The number of hydrogen-bond donors (Lipinski definition) is 0. The lowest BCUT2D eigenvalue weighted by Crippen LogP contribution is -2.30. The molecule has 0 amide bonds. The highest BCUT2D eigenvalue weighted by molar-refractivity contribution is 8.24. The molecule has 0 radical (unpaired) electrons. The fourth-order valence-corrected chi connectivity index (χ4v) is 6.58. The third kappa shape index (κ3) is 3.91. The SMILES string of the molecule is S=P(Cl)(N1CCCCCC1)N1CCCCCC1. The summed E-state index contributed by atoms with van der Waals surface area (Å²) in [5.41, 5.74) is -1.93. The largest absolute Gasteiger partial charge is 0.252 e. The quantitative estimate of drug-likeness (QED) is 0.705. The van der Waals surface area contributed by atoms with Crippen molar-refractivity contribution in [3.63, 3.8) is 0 Å². The van der Waals surface area contributed by atoms with Gasteiger partial charge in [0.05, 0.1) is 0 Å². The van der Waals surface area contributed by atoms with Gasteiger partial charge in [0.25, 0.3) is 0 Å². The molecule has 0 aliphatic carbocycles. The van der Waals surface area contributed by atoms with Gasteiger partial charge in [-0.3, -0.25) is 9.34 Å². The number of hydrogen-bond acceptors (Lipinski definition) is 1. The van der Waals surface area contributed by atoms with E-state index in [1.165, 1.54) is 51.4 Å². The van der Waals surface area contributed by atoms with Crippen molar-refractivity contribution in [3.05, 3.63) is 0 Å². The van der Waals surface area contributed by atoms with Gasteiger partial charge < -0.3 is 0 Å². The fraction of sp³-hybridized carbons (Fsp3) is 1.00. The molecule has 2 nitrogen and oxygen atoms in total. The van der Waals surface area contributed by atoms with E-state index in [0.29, 0.717) is 0 Å². The van der Waals surface area contributed by atoms with Crippen LogP contribution in [-0.4, -0.2) is 35.5 Å². The summed E-state index contributed by atoms with van der Waals surface area (Å²) in [7, 11) is 0. The molecular weight excluding hydrogens is 271 g/mol. The first-order chi connectivity index (χ1) is 8.21. The van der Waals surface area contributed by atoms with Gasteiger partial charge in [0.1, 0.15) is 0 Å². The Kier molecular flexibility index (Phi) is 5.76. The van der Waals surface area contributed by atoms with Gasteiger partial charge in [-0.05, 0) is 37.5 Å². The standard InChI is InChI=1S/C12H24ClN2PS/c13-16(17,14-9-5-1-2-6-10-14)15-11-7-3-4-8-12-15/h1-12H2. The molecule has 2 aliphatic heterocycles. The predicted octanol–water partition coefficient (Wildman–Crippen LogP) is 4.20. The van der Waals surface area contributed by atoms with Gasteiger partial charge in [-0.1, -0.05) is 36.9 Å². The molecule has 100 valence electrons. The van der Waals surface area contributed by atoms with Gasteiger partial charge in [-0.2, -0.15) is 0 Å². The summed E-state index contributed by atoms with van der Waals surface area (Å²) < 4.78 is 4.87. The minimum absolute atomic E-state index is 1.12. The second-order valence-electron chi connectivity index (χ2n) is 5.21. The van der Waals surface area contributed by atoms with E-state index in [1.54, 1.807) is 0 Å². The molecule has 0 N–H and O–H groups in total. The van der Waals surface area contributed by atoms with Crippen LogP contribution in [0.1, 0.15) is 51.4 Å². The molecule has 0 spiro atoms. The van der Waals surface area contributed by atoms with Crippen molar-refractivity contribution in [2.75, 3.05) is 26.2 Å². The van der Waals surface area contributed by atoms with Gasteiger partial charge in [-0.25, -0.2) is 0 Å². The lowest BCUT2D eigenvalue weighted by molar-refractivity contribution is 0.403. The van der Waals surface area contributed by atoms with E-state index < -0.39 is 5.69 Å². The molecule has 2 fully saturated rings. The summed E-state index contributed by atoms with van der Waals surface area (Å²) in [5, 5.41) is 0. The van der Waals surface area contributed by atoms with E-state index >= 15 is 0 Å². The van der Waals surface area contributed by atoms with Crippen molar-refractivity contribution >= 4 is 28.7 Å². The minimum Gasteiger partial charge on any atom is -0.252 e. The summed E-state index contributed by atoms with van der Waals surface area (Å²) >= 11 is 12.6. The third-order valence-electron chi connectivity index (χ3n) is 3.86. The normalized spacial score (nSPS) is 26.4. The number of rotatable bonds is 2. The summed E-state index contributed by atoms with van der Waals surface area (Å²) in [5.74, 6) is 0. The highest BCUT2D eigenvalue weighted by Crippen LogP contribution is 2.59. The Hall–Kier alpha value is 0.860. The zero-order chi connectivity index (χ0) is 12.1. The van der Waals surface area contributed by atoms with Gasteiger partial charge in [-0.15, -0.1) is 0 Å². The second-order valence-corrected chi connectivity index (χ2v) is 10.8. The number of nitrogens with zero attached hydrogens (tertiary/aromatic N) is 2.